The van der Waals surface area contributed by atoms with Gasteiger partial charge in [0.25, 0.3) is 5.91 Å². The number of nitrogens with one attached hydrogen (secondary N) is 1. The van der Waals surface area contributed by atoms with Crippen LogP contribution in [-0.4, -0.2) is 51.6 Å². The summed E-state index contributed by atoms with van der Waals surface area (Å²) in [6, 6.07) is 0.959. The number of nitrogens with two attached hydrogens (primary N) is 1. The van der Waals surface area contributed by atoms with E-state index in [9.17, 15) is 24.2 Å². The van der Waals surface area contributed by atoms with Crippen molar-refractivity contribution >= 4 is 33.0 Å². The van der Waals surface area contributed by atoms with E-state index in [2.05, 4.69) is 9.97 Å². The van der Waals surface area contributed by atoms with E-state index in [0.29, 0.717) is 42.2 Å². The molecule has 4 aliphatic rings. The molecule has 0 unspecified atom stereocenters. The molecule has 1 aromatic carbocycles. The van der Waals surface area contributed by atoms with Crippen molar-refractivity contribution in [1.82, 2.24) is 19.9 Å². The molecule has 1 saturated carbocycles. The zero-order valence-electron chi connectivity index (χ0n) is 20.7. The number of H-pyrrole nitrogens is 1. The van der Waals surface area contributed by atoms with Crippen molar-refractivity contribution in [2.24, 2.45) is 0 Å². The lowest BCUT2D eigenvalue weighted by molar-refractivity contribution is -0.0817. The van der Waals surface area contributed by atoms with Crippen molar-refractivity contribution in [2.45, 2.75) is 60.9 Å². The van der Waals surface area contributed by atoms with Gasteiger partial charge in [-0.3, -0.25) is 4.79 Å². The number of hydrogen-bond donors (Lipinski definition) is 2. The normalized spacial score (nSPS) is 26.0. The number of imidazole rings is 1. The standard InChI is InChI=1S/C25H27F6N5O2S/c26-18-12-33-22-21(34-24(35-22)25-7-3-15(4-8-25)38-13-25)20(18)14-5-9-36(10-6-14)23(37)17-2-1-16(11-19(17)32)39(27,28,29,30)31/h1-2,11-12,14-15H,3-10,13,32H2,(H,33,34,35). The lowest BCUT2D eigenvalue weighted by atomic mass is 9.71. The number of likely N-dealkylation sites (tertiary alicyclic amines) is 1. The van der Waals surface area contributed by atoms with Gasteiger partial charge in [0.15, 0.2) is 5.65 Å². The van der Waals surface area contributed by atoms with E-state index >= 15 is 4.39 Å². The van der Waals surface area contributed by atoms with Crippen molar-refractivity contribution < 1.29 is 33.4 Å². The maximum atomic E-state index is 15.1. The summed E-state index contributed by atoms with van der Waals surface area (Å²) in [5, 5.41) is 0. The zero-order chi connectivity index (χ0) is 27.9. The molecule has 1 aliphatic carbocycles. The highest BCUT2D eigenvalue weighted by Gasteiger charge is 2.65. The molecule has 2 bridgehead atoms. The summed E-state index contributed by atoms with van der Waals surface area (Å²) in [5.41, 5.74) is 5.75. The molecule has 3 aromatic rings. The molecule has 3 aliphatic heterocycles. The Balaban J connectivity index is 1.22. The van der Waals surface area contributed by atoms with E-state index in [1.165, 1.54) is 4.90 Å². The Kier molecular flexibility index (Phi) is 5.40. The lowest BCUT2D eigenvalue weighted by Crippen LogP contribution is -2.46. The van der Waals surface area contributed by atoms with Crippen LogP contribution in [0.3, 0.4) is 0 Å². The number of fused-ring (bicyclic) bond motifs is 4. The van der Waals surface area contributed by atoms with Crippen molar-refractivity contribution in [3.63, 3.8) is 0 Å². The van der Waals surface area contributed by atoms with Crippen molar-refractivity contribution in [3.8, 4) is 0 Å². The second kappa shape index (κ2) is 8.03. The van der Waals surface area contributed by atoms with Crippen LogP contribution in [0, 0.1) is 5.82 Å². The van der Waals surface area contributed by atoms with Crippen LogP contribution in [0.1, 0.15) is 66.2 Å². The number of amides is 1. The van der Waals surface area contributed by atoms with Gasteiger partial charge in [-0.1, -0.05) is 19.4 Å². The smallest absolute Gasteiger partial charge is 0.310 e. The Morgan fingerprint density at radius 3 is 2.38 bits per heavy atom. The summed E-state index contributed by atoms with van der Waals surface area (Å²) in [6.45, 7) is 0.910. The fourth-order valence-corrected chi connectivity index (χ4v) is 6.83. The van der Waals surface area contributed by atoms with Crippen LogP contribution in [0.2, 0.25) is 0 Å². The second-order valence-corrected chi connectivity index (χ2v) is 13.3. The summed E-state index contributed by atoms with van der Waals surface area (Å²) in [7, 11) is -9.93. The zero-order valence-corrected chi connectivity index (χ0v) is 21.6. The molecule has 7 nitrogen and oxygen atoms in total. The Labute approximate surface area is 219 Å². The first-order chi connectivity index (χ1) is 18.1. The monoisotopic (exact) mass is 575 g/mol. The maximum Gasteiger partial charge on any atom is 0.310 e. The first-order valence-electron chi connectivity index (χ1n) is 12.7. The molecule has 1 amide bonds. The highest BCUT2D eigenvalue weighted by molar-refractivity contribution is 8.45. The third-order valence-corrected chi connectivity index (χ3v) is 9.53. The van der Waals surface area contributed by atoms with E-state index in [1.807, 2.05) is 0 Å². The van der Waals surface area contributed by atoms with Gasteiger partial charge in [0.05, 0.1) is 35.4 Å². The number of aromatic nitrogens is 3. The van der Waals surface area contributed by atoms with Crippen LogP contribution in [-0.2, 0) is 10.2 Å². The number of carbonyl (C=O) groups is 1. The molecule has 3 saturated heterocycles. The minimum absolute atomic E-state index is 0.101. The summed E-state index contributed by atoms with van der Waals surface area (Å²) in [4.78, 5) is 24.5. The van der Waals surface area contributed by atoms with Gasteiger partial charge in [-0.25, -0.2) is 14.4 Å². The van der Waals surface area contributed by atoms with Crippen LogP contribution in [0.4, 0.5) is 29.5 Å². The highest BCUT2D eigenvalue weighted by Crippen LogP contribution is 3.02. The molecule has 4 fully saturated rings. The summed E-state index contributed by atoms with van der Waals surface area (Å²) in [5.74, 6) is -0.681. The predicted octanol–water partition coefficient (Wildman–Crippen LogP) is 6.57. The minimum Gasteiger partial charge on any atom is -0.398 e. The van der Waals surface area contributed by atoms with E-state index in [0.717, 1.165) is 37.7 Å². The Bertz CT molecular complexity index is 1470. The second-order valence-electron chi connectivity index (χ2n) is 10.9. The number of halogens is 6. The van der Waals surface area contributed by atoms with Gasteiger partial charge in [-0.05, 0) is 62.6 Å². The molecule has 3 N–H and O–H groups in total. The SMILES string of the molecule is Nc1cc(S(F)(F)(F)(F)F)ccc1C(=O)N1CCC(c2c(F)cnc3nc(C45CCC(CC4)OC5)[nH]c23)CC1. The van der Waals surface area contributed by atoms with Crippen LogP contribution in [0.15, 0.2) is 29.3 Å². The fourth-order valence-electron chi connectivity index (χ4n) is 6.16. The lowest BCUT2D eigenvalue weighted by Gasteiger charge is -2.44. The number of carbonyl (C=O) groups excluding carboxylic acids is 1. The van der Waals surface area contributed by atoms with Gasteiger partial charge in [-0.15, -0.1) is 0 Å². The van der Waals surface area contributed by atoms with Gasteiger partial charge in [0.1, 0.15) is 16.5 Å². The Morgan fingerprint density at radius 1 is 1.10 bits per heavy atom. The average molecular weight is 576 g/mol. The predicted molar refractivity (Wildman–Crippen MR) is 134 cm³/mol. The number of nitrogens with zero attached hydrogens (tertiary/aromatic N) is 3. The number of benzene rings is 1. The number of rotatable bonds is 4. The number of nitrogen functional groups attached to an aromatic ring is 1. The molecule has 0 atom stereocenters. The van der Waals surface area contributed by atoms with Crippen molar-refractivity contribution in [3.05, 3.63) is 47.2 Å². The summed E-state index contributed by atoms with van der Waals surface area (Å²) in [6.07, 6.45) is 5.94. The molecule has 2 aromatic heterocycles. The molecule has 0 spiro atoms. The number of pyridine rings is 1. The van der Waals surface area contributed by atoms with Gasteiger partial charge in [0, 0.05) is 24.3 Å². The third-order valence-electron chi connectivity index (χ3n) is 8.39. The third kappa shape index (κ3) is 4.60. The Morgan fingerprint density at radius 2 is 1.79 bits per heavy atom. The molecule has 5 heterocycles. The average Bonchev–Trinajstić information content (AvgIpc) is 3.33. The topological polar surface area (TPSA) is 97.1 Å². The summed E-state index contributed by atoms with van der Waals surface area (Å²) < 4.78 is 86.6. The number of ether oxygens (including phenoxy) is 1. The summed E-state index contributed by atoms with van der Waals surface area (Å²) >= 11 is 0. The molecular formula is C25H27F6N5O2S. The molecular weight excluding hydrogens is 548 g/mol. The van der Waals surface area contributed by atoms with Crippen LogP contribution in [0.25, 0.3) is 11.2 Å². The largest absolute Gasteiger partial charge is 0.398 e. The van der Waals surface area contributed by atoms with Crippen molar-refractivity contribution in [1.29, 1.82) is 0 Å². The molecule has 14 heteroatoms. The fraction of sp³-hybridized carbons (Fsp3) is 0.480. The maximum absolute atomic E-state index is 15.1. The van der Waals surface area contributed by atoms with Crippen LogP contribution >= 0.6 is 10.2 Å². The van der Waals surface area contributed by atoms with E-state index in [-0.39, 0.29) is 48.2 Å². The molecule has 212 valence electrons. The molecule has 0 radical (unpaired) electrons. The minimum atomic E-state index is -9.93. The first-order valence-corrected chi connectivity index (χ1v) is 14.7. The number of hydrogen-bond acceptors (Lipinski definition) is 5. The van der Waals surface area contributed by atoms with Gasteiger partial charge < -0.3 is 20.4 Å². The highest BCUT2D eigenvalue weighted by atomic mass is 32.5. The number of aromatic amines is 1. The van der Waals surface area contributed by atoms with Gasteiger partial charge in [0.2, 0.25) is 0 Å². The number of piperidine rings is 1. The van der Waals surface area contributed by atoms with Crippen LogP contribution in [0.5, 0.6) is 0 Å². The Hall–Kier alpha value is -3.00. The van der Waals surface area contributed by atoms with E-state index in [1.54, 1.807) is 0 Å². The van der Waals surface area contributed by atoms with Gasteiger partial charge in [-0.2, -0.15) is 0 Å². The molecule has 39 heavy (non-hydrogen) atoms. The van der Waals surface area contributed by atoms with Crippen LogP contribution < -0.4 is 5.73 Å². The van der Waals surface area contributed by atoms with Gasteiger partial charge >= 0.3 is 10.2 Å². The van der Waals surface area contributed by atoms with Crippen molar-refractivity contribution in [2.75, 3.05) is 25.4 Å². The number of anilines is 1. The van der Waals surface area contributed by atoms with E-state index in [4.69, 9.17) is 15.5 Å². The quantitative estimate of drug-likeness (QED) is 0.271. The van der Waals surface area contributed by atoms with E-state index < -0.39 is 32.5 Å². The first kappa shape index (κ1) is 26.2. The molecule has 7 rings (SSSR count).